The molecule has 0 amide bonds. The molecule has 0 aromatic carbocycles. The van der Waals surface area contributed by atoms with Gasteiger partial charge in [0.25, 0.3) is 0 Å². The Morgan fingerprint density at radius 1 is 1.11 bits per heavy atom. The Bertz CT molecular complexity index is 372. The van der Waals surface area contributed by atoms with E-state index in [1.807, 2.05) is 0 Å². The highest BCUT2D eigenvalue weighted by atomic mass is 15.2. The van der Waals surface area contributed by atoms with Crippen molar-refractivity contribution >= 4 is 0 Å². The molecule has 1 heterocycles. The molecule has 0 saturated heterocycles. The molecule has 1 aromatic heterocycles. The van der Waals surface area contributed by atoms with Crippen LogP contribution in [0.5, 0.6) is 0 Å². The zero-order chi connectivity index (χ0) is 11.9. The molecule has 0 spiro atoms. The summed E-state index contributed by atoms with van der Waals surface area (Å²) in [6.07, 6.45) is 10.1. The Morgan fingerprint density at radius 3 is 2.44 bits per heavy atom. The predicted molar refractivity (Wildman–Crippen MR) is 68.9 cm³/mol. The van der Waals surface area contributed by atoms with E-state index in [1.54, 1.807) is 6.33 Å². The molecule has 4 aliphatic rings. The van der Waals surface area contributed by atoms with Gasteiger partial charge in [0.1, 0.15) is 12.2 Å². The van der Waals surface area contributed by atoms with Crippen molar-refractivity contribution in [3.8, 4) is 0 Å². The number of nitrogens with zero attached hydrogens (tertiary/aromatic N) is 2. The molecule has 0 atom stereocenters. The molecule has 0 radical (unpaired) electrons. The average Bonchev–Trinajstić information content (AvgIpc) is 2.85. The van der Waals surface area contributed by atoms with Gasteiger partial charge in [0, 0.05) is 19.0 Å². The highest BCUT2D eigenvalue weighted by molar-refractivity contribution is 5.01. The highest BCUT2D eigenvalue weighted by Gasteiger charge is 2.47. The van der Waals surface area contributed by atoms with Gasteiger partial charge in [-0.25, -0.2) is 4.98 Å². The summed E-state index contributed by atoms with van der Waals surface area (Å²) in [4.78, 5) is 4.18. The zero-order valence-corrected chi connectivity index (χ0v) is 10.8. The van der Waals surface area contributed by atoms with Crippen molar-refractivity contribution in [3.05, 3.63) is 12.2 Å². The summed E-state index contributed by atoms with van der Waals surface area (Å²) in [5, 5.41) is 10.7. The van der Waals surface area contributed by atoms with Gasteiger partial charge < -0.3 is 5.32 Å². The maximum Gasteiger partial charge on any atom is 0.137 e. The maximum atomic E-state index is 4.18. The Balaban J connectivity index is 1.35. The van der Waals surface area contributed by atoms with E-state index in [4.69, 9.17) is 0 Å². The van der Waals surface area contributed by atoms with Crippen molar-refractivity contribution in [1.82, 2.24) is 20.5 Å². The molecule has 18 heavy (non-hydrogen) atoms. The molecule has 4 bridgehead atoms. The topological polar surface area (TPSA) is 53.6 Å². The molecule has 4 nitrogen and oxygen atoms in total. The van der Waals surface area contributed by atoms with Gasteiger partial charge in [0.2, 0.25) is 0 Å². The molecule has 4 aliphatic carbocycles. The van der Waals surface area contributed by atoms with Gasteiger partial charge >= 0.3 is 0 Å². The van der Waals surface area contributed by atoms with E-state index < -0.39 is 0 Å². The first-order valence-corrected chi connectivity index (χ1v) is 7.46. The molecule has 0 unspecified atom stereocenters. The van der Waals surface area contributed by atoms with Crippen LogP contribution in [-0.4, -0.2) is 27.8 Å². The van der Waals surface area contributed by atoms with Crippen LogP contribution in [0.3, 0.4) is 0 Å². The van der Waals surface area contributed by atoms with Gasteiger partial charge in [0.15, 0.2) is 0 Å². The average molecular weight is 246 g/mol. The summed E-state index contributed by atoms with van der Waals surface area (Å²) >= 11 is 0. The monoisotopic (exact) mass is 246 g/mol. The minimum atomic E-state index is 0.792. The van der Waals surface area contributed by atoms with Gasteiger partial charge in [0.05, 0.1) is 0 Å². The summed E-state index contributed by atoms with van der Waals surface area (Å²) in [5.74, 6) is 5.08. The van der Waals surface area contributed by atoms with Gasteiger partial charge in [-0.1, -0.05) is 0 Å². The third-order valence-electron chi connectivity index (χ3n) is 5.43. The summed E-state index contributed by atoms with van der Waals surface area (Å²) in [5.41, 5.74) is 0. The molecule has 1 aromatic rings. The predicted octanol–water partition coefficient (Wildman–Crippen LogP) is 1.76. The van der Waals surface area contributed by atoms with Crippen molar-refractivity contribution in [3.63, 3.8) is 0 Å². The van der Waals surface area contributed by atoms with Crippen LogP contribution in [-0.2, 0) is 6.42 Å². The Kier molecular flexibility index (Phi) is 2.64. The van der Waals surface area contributed by atoms with Crippen LogP contribution in [0, 0.1) is 23.7 Å². The summed E-state index contributed by atoms with van der Waals surface area (Å²) in [6.45, 7) is 1.04. The molecule has 5 rings (SSSR count). The van der Waals surface area contributed by atoms with Crippen molar-refractivity contribution in [2.24, 2.45) is 23.7 Å². The standard InChI is InChI=1S/C14H22N4/c1(13-16-8-17-18-13)2-15-14-11-4-9-3-10(6-11)7-12(14)5-9/h8-12,14-15H,1-7H2,(H,16,17,18). The van der Waals surface area contributed by atoms with E-state index in [9.17, 15) is 0 Å². The lowest BCUT2D eigenvalue weighted by molar-refractivity contribution is -0.0134. The van der Waals surface area contributed by atoms with Crippen LogP contribution in [0.15, 0.2) is 6.33 Å². The van der Waals surface area contributed by atoms with Gasteiger partial charge in [-0.05, 0) is 55.8 Å². The van der Waals surface area contributed by atoms with Crippen LogP contribution in [0.4, 0.5) is 0 Å². The van der Waals surface area contributed by atoms with Crippen molar-refractivity contribution in [2.75, 3.05) is 6.54 Å². The van der Waals surface area contributed by atoms with E-state index in [2.05, 4.69) is 20.5 Å². The van der Waals surface area contributed by atoms with Gasteiger partial charge in [-0.2, -0.15) is 5.10 Å². The fraction of sp³-hybridized carbons (Fsp3) is 0.857. The van der Waals surface area contributed by atoms with Gasteiger partial charge in [-0.3, -0.25) is 5.10 Å². The van der Waals surface area contributed by atoms with Crippen molar-refractivity contribution in [2.45, 2.75) is 44.6 Å². The van der Waals surface area contributed by atoms with Crippen LogP contribution >= 0.6 is 0 Å². The molecule has 4 fully saturated rings. The van der Waals surface area contributed by atoms with E-state index in [-0.39, 0.29) is 0 Å². The Labute approximate surface area is 108 Å². The molecule has 4 heteroatoms. The Hall–Kier alpha value is -0.900. The third-order valence-corrected chi connectivity index (χ3v) is 5.43. The minimum Gasteiger partial charge on any atom is -0.313 e. The van der Waals surface area contributed by atoms with E-state index in [0.717, 1.165) is 48.5 Å². The normalized spacial score (nSPS) is 41.4. The van der Waals surface area contributed by atoms with Crippen molar-refractivity contribution < 1.29 is 0 Å². The van der Waals surface area contributed by atoms with Crippen LogP contribution in [0.1, 0.15) is 37.9 Å². The fourth-order valence-electron chi connectivity index (χ4n) is 4.97. The fourth-order valence-corrected chi connectivity index (χ4v) is 4.97. The first-order chi connectivity index (χ1) is 8.88. The second-order valence-corrected chi connectivity index (χ2v) is 6.59. The molecule has 0 aliphatic heterocycles. The molecule has 98 valence electrons. The smallest absolute Gasteiger partial charge is 0.137 e. The third kappa shape index (κ3) is 1.87. The number of aromatic nitrogens is 3. The first-order valence-electron chi connectivity index (χ1n) is 7.46. The number of nitrogens with one attached hydrogen (secondary N) is 2. The van der Waals surface area contributed by atoms with Crippen LogP contribution < -0.4 is 5.32 Å². The van der Waals surface area contributed by atoms with Gasteiger partial charge in [-0.15, -0.1) is 0 Å². The second-order valence-electron chi connectivity index (χ2n) is 6.59. The van der Waals surface area contributed by atoms with E-state index in [1.165, 1.54) is 32.1 Å². The molecule has 4 saturated carbocycles. The Morgan fingerprint density at radius 2 is 1.83 bits per heavy atom. The summed E-state index contributed by atoms with van der Waals surface area (Å²) < 4.78 is 0. The maximum absolute atomic E-state index is 4.18. The minimum absolute atomic E-state index is 0.792. The number of aromatic amines is 1. The first kappa shape index (κ1) is 11.0. The molecular weight excluding hydrogens is 224 g/mol. The van der Waals surface area contributed by atoms with E-state index in [0.29, 0.717) is 0 Å². The quantitative estimate of drug-likeness (QED) is 0.851. The SMILES string of the molecule is c1n[nH]c(CCNC2C3CC4CC(C3)CC2C4)n1. The summed E-state index contributed by atoms with van der Waals surface area (Å²) in [6, 6.07) is 0.792. The largest absolute Gasteiger partial charge is 0.313 e. The number of H-pyrrole nitrogens is 1. The molecule has 2 N–H and O–H groups in total. The van der Waals surface area contributed by atoms with Crippen molar-refractivity contribution in [1.29, 1.82) is 0 Å². The number of hydrogen-bond acceptors (Lipinski definition) is 3. The lowest BCUT2D eigenvalue weighted by Gasteiger charge is -2.54. The number of hydrogen-bond donors (Lipinski definition) is 2. The summed E-state index contributed by atoms with van der Waals surface area (Å²) in [7, 11) is 0. The zero-order valence-electron chi connectivity index (χ0n) is 10.8. The second kappa shape index (κ2) is 4.34. The van der Waals surface area contributed by atoms with Crippen LogP contribution in [0.25, 0.3) is 0 Å². The molecular formula is C14H22N4. The highest BCUT2D eigenvalue weighted by Crippen LogP contribution is 2.53. The van der Waals surface area contributed by atoms with E-state index >= 15 is 0 Å². The lowest BCUT2D eigenvalue weighted by atomic mass is 9.54. The van der Waals surface area contributed by atoms with Crippen LogP contribution in [0.2, 0.25) is 0 Å². The lowest BCUT2D eigenvalue weighted by Crippen LogP contribution is -2.54. The number of rotatable bonds is 4.